The van der Waals surface area contributed by atoms with Crippen molar-refractivity contribution >= 4 is 28.4 Å². The SMILES string of the molecule is COCCCN1CC(=O)N2C(c3ccc([N+](=O)[O-])cc3)c3[nH]c4ccccc4c3C[C@H]2C1=O. The summed E-state index contributed by atoms with van der Waals surface area (Å²) in [6.07, 6.45) is 1.08. The van der Waals surface area contributed by atoms with Gasteiger partial charge in [0.25, 0.3) is 5.69 Å². The number of ether oxygens (including phenoxy) is 1. The molecule has 1 unspecified atom stereocenters. The van der Waals surface area contributed by atoms with E-state index in [1.807, 2.05) is 24.3 Å². The molecular weight excluding hydrogens is 424 g/mol. The van der Waals surface area contributed by atoms with Crippen LogP contribution < -0.4 is 0 Å². The Morgan fingerprint density at radius 3 is 2.64 bits per heavy atom. The lowest BCUT2D eigenvalue weighted by molar-refractivity contribution is -0.384. The molecule has 5 rings (SSSR count). The van der Waals surface area contributed by atoms with Crippen LogP contribution in [0.25, 0.3) is 10.9 Å². The van der Waals surface area contributed by atoms with E-state index in [2.05, 4.69) is 4.98 Å². The maximum absolute atomic E-state index is 13.5. The number of non-ortho nitro benzene ring substituents is 1. The maximum Gasteiger partial charge on any atom is 0.269 e. The summed E-state index contributed by atoms with van der Waals surface area (Å²) in [4.78, 5) is 44.3. The van der Waals surface area contributed by atoms with Gasteiger partial charge in [0, 0.05) is 55.4 Å². The van der Waals surface area contributed by atoms with E-state index in [4.69, 9.17) is 4.74 Å². The number of hydrogen-bond donors (Lipinski definition) is 1. The monoisotopic (exact) mass is 448 g/mol. The van der Waals surface area contributed by atoms with Crippen LogP contribution in [0.1, 0.15) is 29.3 Å². The number of nitro groups is 1. The van der Waals surface area contributed by atoms with Crippen molar-refractivity contribution < 1.29 is 19.2 Å². The zero-order valence-electron chi connectivity index (χ0n) is 18.2. The van der Waals surface area contributed by atoms with Gasteiger partial charge in [0.1, 0.15) is 6.04 Å². The molecule has 1 fully saturated rings. The Kier molecular flexibility index (Phi) is 5.33. The van der Waals surface area contributed by atoms with Crippen molar-refractivity contribution in [3.05, 3.63) is 75.5 Å². The number of hydrogen-bond acceptors (Lipinski definition) is 5. The molecule has 2 aliphatic heterocycles. The van der Waals surface area contributed by atoms with Crippen LogP contribution in [-0.4, -0.2) is 64.4 Å². The highest BCUT2D eigenvalue weighted by atomic mass is 16.6. The van der Waals surface area contributed by atoms with Crippen LogP contribution in [0, 0.1) is 10.1 Å². The molecule has 0 spiro atoms. The highest BCUT2D eigenvalue weighted by Crippen LogP contribution is 2.42. The fraction of sp³-hybridized carbons (Fsp3) is 0.333. The Labute approximate surface area is 190 Å². The van der Waals surface area contributed by atoms with Crippen molar-refractivity contribution in [1.29, 1.82) is 0 Å². The molecule has 3 heterocycles. The summed E-state index contributed by atoms with van der Waals surface area (Å²) in [6.45, 7) is 0.994. The summed E-state index contributed by atoms with van der Waals surface area (Å²) in [7, 11) is 1.61. The van der Waals surface area contributed by atoms with E-state index < -0.39 is 17.0 Å². The van der Waals surface area contributed by atoms with Crippen molar-refractivity contribution in [1.82, 2.24) is 14.8 Å². The molecule has 0 aliphatic carbocycles. The molecule has 0 radical (unpaired) electrons. The fourth-order valence-corrected chi connectivity index (χ4v) is 5.04. The third-order valence-electron chi connectivity index (χ3n) is 6.54. The Hall–Kier alpha value is -3.72. The lowest BCUT2D eigenvalue weighted by Gasteiger charge is -2.47. The van der Waals surface area contributed by atoms with Gasteiger partial charge in [0.05, 0.1) is 17.5 Å². The van der Waals surface area contributed by atoms with E-state index in [0.717, 1.165) is 27.7 Å². The molecule has 170 valence electrons. The zero-order chi connectivity index (χ0) is 23.1. The molecule has 1 saturated heterocycles. The lowest BCUT2D eigenvalue weighted by Crippen LogP contribution is -2.63. The predicted molar refractivity (Wildman–Crippen MR) is 121 cm³/mol. The maximum atomic E-state index is 13.5. The van der Waals surface area contributed by atoms with Crippen molar-refractivity contribution in [2.75, 3.05) is 26.8 Å². The number of para-hydroxylation sites is 1. The second-order valence-electron chi connectivity index (χ2n) is 8.44. The fourth-order valence-electron chi connectivity index (χ4n) is 5.04. The van der Waals surface area contributed by atoms with Crippen molar-refractivity contribution in [2.45, 2.75) is 24.9 Å². The first-order valence-corrected chi connectivity index (χ1v) is 10.9. The second kappa shape index (κ2) is 8.32. The first-order chi connectivity index (χ1) is 16.0. The molecule has 33 heavy (non-hydrogen) atoms. The first-order valence-electron chi connectivity index (χ1n) is 10.9. The summed E-state index contributed by atoms with van der Waals surface area (Å²) in [5.41, 5.74) is 3.51. The number of H-pyrrole nitrogens is 1. The Bertz CT molecular complexity index is 1240. The molecule has 3 aromatic rings. The van der Waals surface area contributed by atoms with Crippen LogP contribution in [0.2, 0.25) is 0 Å². The second-order valence-corrected chi connectivity index (χ2v) is 8.44. The molecule has 2 aromatic carbocycles. The van der Waals surface area contributed by atoms with Crippen LogP contribution in [-0.2, 0) is 20.7 Å². The zero-order valence-corrected chi connectivity index (χ0v) is 18.2. The number of piperazine rings is 1. The van der Waals surface area contributed by atoms with Gasteiger partial charge in [-0.3, -0.25) is 19.7 Å². The van der Waals surface area contributed by atoms with E-state index in [9.17, 15) is 19.7 Å². The van der Waals surface area contributed by atoms with Crippen LogP contribution >= 0.6 is 0 Å². The smallest absolute Gasteiger partial charge is 0.269 e. The minimum Gasteiger partial charge on any atom is -0.385 e. The van der Waals surface area contributed by atoms with Crippen LogP contribution in [0.15, 0.2) is 48.5 Å². The molecule has 2 aliphatic rings. The van der Waals surface area contributed by atoms with Gasteiger partial charge >= 0.3 is 0 Å². The molecule has 0 bridgehead atoms. The Balaban J connectivity index is 1.60. The van der Waals surface area contributed by atoms with E-state index in [0.29, 0.717) is 26.0 Å². The van der Waals surface area contributed by atoms with Gasteiger partial charge < -0.3 is 19.5 Å². The topological polar surface area (TPSA) is 109 Å². The number of fused-ring (bicyclic) bond motifs is 4. The van der Waals surface area contributed by atoms with E-state index in [-0.39, 0.29) is 24.0 Å². The van der Waals surface area contributed by atoms with E-state index >= 15 is 0 Å². The molecule has 1 aromatic heterocycles. The number of nitro benzene ring substituents is 1. The van der Waals surface area contributed by atoms with Gasteiger partial charge in [-0.25, -0.2) is 0 Å². The molecular formula is C24H24N4O5. The molecule has 9 heteroatoms. The summed E-state index contributed by atoms with van der Waals surface area (Å²) in [5, 5.41) is 12.2. The van der Waals surface area contributed by atoms with Crippen molar-refractivity contribution in [2.24, 2.45) is 0 Å². The van der Waals surface area contributed by atoms with Gasteiger partial charge in [0.2, 0.25) is 11.8 Å². The first kappa shape index (κ1) is 21.1. The summed E-state index contributed by atoms with van der Waals surface area (Å²) < 4.78 is 5.10. The standard InChI is InChI=1S/C24H24N4O5/c1-33-12-4-11-26-14-21(29)27-20(24(26)30)13-18-17-5-2-3-6-19(17)25-22(18)23(27)15-7-9-16(10-8-15)28(31)32/h2-3,5-10,20,23,25H,4,11-14H2,1H3/t20-,23?/m0/s1. The minimum absolute atomic E-state index is 0.0120. The normalized spacial score (nSPS) is 20.2. The van der Waals surface area contributed by atoms with Crippen LogP contribution in [0.4, 0.5) is 5.69 Å². The molecule has 1 N–H and O–H groups in total. The average molecular weight is 448 g/mol. The number of rotatable bonds is 6. The number of methoxy groups -OCH3 is 1. The van der Waals surface area contributed by atoms with Gasteiger partial charge in [-0.2, -0.15) is 0 Å². The third kappa shape index (κ3) is 3.54. The highest BCUT2D eigenvalue weighted by Gasteiger charge is 2.48. The quantitative estimate of drug-likeness (QED) is 0.354. The summed E-state index contributed by atoms with van der Waals surface area (Å²) in [5.74, 6) is -0.210. The molecule has 0 saturated carbocycles. The average Bonchev–Trinajstić information content (AvgIpc) is 3.19. The number of carbonyl (C=O) groups excluding carboxylic acids is 2. The van der Waals surface area contributed by atoms with E-state index in [1.165, 1.54) is 12.1 Å². The molecule has 9 nitrogen and oxygen atoms in total. The summed E-state index contributed by atoms with van der Waals surface area (Å²) >= 11 is 0. The van der Waals surface area contributed by atoms with Gasteiger partial charge in [-0.15, -0.1) is 0 Å². The molecule has 2 atom stereocenters. The molecule has 2 amide bonds. The number of benzene rings is 2. The van der Waals surface area contributed by atoms with Crippen molar-refractivity contribution in [3.63, 3.8) is 0 Å². The highest BCUT2D eigenvalue weighted by molar-refractivity contribution is 5.97. The number of amides is 2. The van der Waals surface area contributed by atoms with Gasteiger partial charge in [-0.05, 0) is 35.7 Å². The number of nitrogens with one attached hydrogen (secondary N) is 1. The van der Waals surface area contributed by atoms with Gasteiger partial charge in [0.15, 0.2) is 0 Å². The number of carbonyl (C=O) groups is 2. The minimum atomic E-state index is -0.624. The van der Waals surface area contributed by atoms with Crippen LogP contribution in [0.3, 0.4) is 0 Å². The Morgan fingerprint density at radius 1 is 1.15 bits per heavy atom. The summed E-state index contributed by atoms with van der Waals surface area (Å²) in [6, 6.07) is 12.9. The van der Waals surface area contributed by atoms with Crippen LogP contribution in [0.5, 0.6) is 0 Å². The predicted octanol–water partition coefficient (Wildman–Crippen LogP) is 2.80. The lowest BCUT2D eigenvalue weighted by atomic mass is 9.86. The van der Waals surface area contributed by atoms with Crippen molar-refractivity contribution in [3.8, 4) is 0 Å². The van der Waals surface area contributed by atoms with Gasteiger partial charge in [-0.1, -0.05) is 18.2 Å². The number of aromatic amines is 1. The van der Waals surface area contributed by atoms with E-state index in [1.54, 1.807) is 29.0 Å². The number of nitrogens with zero attached hydrogens (tertiary/aromatic N) is 3. The number of aromatic nitrogens is 1. The third-order valence-corrected chi connectivity index (χ3v) is 6.54. The Morgan fingerprint density at radius 2 is 1.91 bits per heavy atom. The largest absolute Gasteiger partial charge is 0.385 e.